The number of hydrogen-bond donors (Lipinski definition) is 0. The van der Waals surface area contributed by atoms with Gasteiger partial charge in [0.1, 0.15) is 0 Å². The molecule has 0 aliphatic heterocycles. The number of halogens is 6. The standard InChI is InChI=1S/C15H18F6/c1-5-12(2,3)10-7-6-8-11(9-10)13(4,14(16,17)18)15(19,20)21/h6-9H,5H2,1-4H3. The van der Waals surface area contributed by atoms with E-state index in [1.54, 1.807) is 19.9 Å². The molecular formula is C15H18F6. The summed E-state index contributed by atoms with van der Waals surface area (Å²) >= 11 is 0. The van der Waals surface area contributed by atoms with Crippen molar-refractivity contribution in [2.75, 3.05) is 0 Å². The van der Waals surface area contributed by atoms with Crippen LogP contribution in [-0.4, -0.2) is 12.4 Å². The van der Waals surface area contributed by atoms with Gasteiger partial charge in [-0.3, -0.25) is 0 Å². The Balaban J connectivity index is 3.53. The Hall–Kier alpha value is -1.20. The summed E-state index contributed by atoms with van der Waals surface area (Å²) in [5.74, 6) is 0. The van der Waals surface area contributed by atoms with Crippen LogP contribution in [0.2, 0.25) is 0 Å². The van der Waals surface area contributed by atoms with Gasteiger partial charge in [0, 0.05) is 0 Å². The van der Waals surface area contributed by atoms with Crippen LogP contribution in [-0.2, 0) is 10.8 Å². The van der Waals surface area contributed by atoms with Crippen LogP contribution in [0.25, 0.3) is 0 Å². The summed E-state index contributed by atoms with van der Waals surface area (Å²) in [5, 5.41) is 0. The first-order chi connectivity index (χ1) is 9.27. The highest BCUT2D eigenvalue weighted by Crippen LogP contribution is 2.52. The molecule has 0 amide bonds. The maximum absolute atomic E-state index is 13.1. The smallest absolute Gasteiger partial charge is 0.170 e. The van der Waals surface area contributed by atoms with Gasteiger partial charge in [-0.1, -0.05) is 45.0 Å². The molecule has 0 spiro atoms. The molecule has 0 unspecified atom stereocenters. The van der Waals surface area contributed by atoms with Crippen LogP contribution < -0.4 is 0 Å². The Kier molecular flexibility index (Phi) is 4.43. The summed E-state index contributed by atoms with van der Waals surface area (Å²) in [6, 6.07) is 4.71. The van der Waals surface area contributed by atoms with Crippen LogP contribution in [0.1, 0.15) is 45.2 Å². The van der Waals surface area contributed by atoms with E-state index in [0.29, 0.717) is 12.0 Å². The van der Waals surface area contributed by atoms with E-state index in [0.717, 1.165) is 12.1 Å². The summed E-state index contributed by atoms with van der Waals surface area (Å²) in [6.07, 6.45) is -10.2. The Morgan fingerprint density at radius 3 is 1.62 bits per heavy atom. The summed E-state index contributed by atoms with van der Waals surface area (Å²) in [4.78, 5) is 0. The van der Waals surface area contributed by atoms with Gasteiger partial charge in [-0.25, -0.2) is 0 Å². The van der Waals surface area contributed by atoms with E-state index in [4.69, 9.17) is 0 Å². The SMILES string of the molecule is CCC(C)(C)c1cccc(C(C)(C(F)(F)F)C(F)(F)F)c1. The van der Waals surface area contributed by atoms with Crippen molar-refractivity contribution in [2.45, 2.75) is 57.3 Å². The van der Waals surface area contributed by atoms with Crippen LogP contribution in [0, 0.1) is 0 Å². The highest BCUT2D eigenvalue weighted by molar-refractivity contribution is 5.36. The van der Waals surface area contributed by atoms with E-state index >= 15 is 0 Å². The first kappa shape index (κ1) is 17.9. The summed E-state index contributed by atoms with van der Waals surface area (Å²) in [5.41, 5.74) is -4.68. The Morgan fingerprint density at radius 2 is 1.24 bits per heavy atom. The van der Waals surface area contributed by atoms with Crippen LogP contribution in [0.4, 0.5) is 26.3 Å². The molecule has 0 saturated carbocycles. The molecule has 0 aliphatic rings. The van der Waals surface area contributed by atoms with Crippen LogP contribution in [0.5, 0.6) is 0 Å². The molecule has 0 radical (unpaired) electrons. The number of hydrogen-bond acceptors (Lipinski definition) is 0. The Bertz CT molecular complexity index is 482. The average molecular weight is 312 g/mol. The molecular weight excluding hydrogens is 294 g/mol. The van der Waals surface area contributed by atoms with Crippen molar-refractivity contribution in [2.24, 2.45) is 0 Å². The third-order valence-corrected chi connectivity index (χ3v) is 4.24. The molecule has 0 N–H and O–H groups in total. The molecule has 120 valence electrons. The largest absolute Gasteiger partial charge is 0.406 e. The van der Waals surface area contributed by atoms with Gasteiger partial charge in [0.25, 0.3) is 0 Å². The fraction of sp³-hybridized carbons (Fsp3) is 0.600. The monoisotopic (exact) mass is 312 g/mol. The zero-order chi connectivity index (χ0) is 16.7. The lowest BCUT2D eigenvalue weighted by Crippen LogP contribution is -2.51. The van der Waals surface area contributed by atoms with Crippen LogP contribution in [0.15, 0.2) is 24.3 Å². The number of alkyl halides is 6. The topological polar surface area (TPSA) is 0 Å². The van der Waals surface area contributed by atoms with E-state index in [-0.39, 0.29) is 6.92 Å². The minimum atomic E-state index is -5.42. The lowest BCUT2D eigenvalue weighted by molar-refractivity contribution is -0.297. The zero-order valence-electron chi connectivity index (χ0n) is 12.3. The minimum Gasteiger partial charge on any atom is -0.170 e. The van der Waals surface area contributed by atoms with Crippen molar-refractivity contribution in [1.29, 1.82) is 0 Å². The fourth-order valence-electron chi connectivity index (χ4n) is 1.94. The average Bonchev–Trinajstić information content (AvgIpc) is 2.35. The molecule has 0 atom stereocenters. The molecule has 1 aromatic rings. The van der Waals surface area contributed by atoms with E-state index in [1.165, 1.54) is 6.07 Å². The third-order valence-electron chi connectivity index (χ3n) is 4.24. The van der Waals surface area contributed by atoms with Crippen LogP contribution >= 0.6 is 0 Å². The predicted octanol–water partition coefficient (Wildman–Crippen LogP) is 5.76. The van der Waals surface area contributed by atoms with Gasteiger partial charge in [-0.15, -0.1) is 0 Å². The van der Waals surface area contributed by atoms with Gasteiger partial charge in [0.2, 0.25) is 0 Å². The van der Waals surface area contributed by atoms with Crippen molar-refractivity contribution >= 4 is 0 Å². The number of benzene rings is 1. The molecule has 1 rings (SSSR count). The second-order valence-electron chi connectivity index (χ2n) is 5.94. The van der Waals surface area contributed by atoms with E-state index in [9.17, 15) is 26.3 Å². The molecule has 21 heavy (non-hydrogen) atoms. The van der Waals surface area contributed by atoms with Gasteiger partial charge < -0.3 is 0 Å². The Morgan fingerprint density at radius 1 is 0.810 bits per heavy atom. The summed E-state index contributed by atoms with van der Waals surface area (Å²) < 4.78 is 78.5. The first-order valence-corrected chi connectivity index (χ1v) is 6.52. The van der Waals surface area contributed by atoms with Crippen molar-refractivity contribution in [1.82, 2.24) is 0 Å². The van der Waals surface area contributed by atoms with E-state index in [1.807, 2.05) is 6.92 Å². The lowest BCUT2D eigenvalue weighted by atomic mass is 9.76. The van der Waals surface area contributed by atoms with Crippen molar-refractivity contribution in [3.8, 4) is 0 Å². The zero-order valence-corrected chi connectivity index (χ0v) is 12.3. The fourth-order valence-corrected chi connectivity index (χ4v) is 1.94. The molecule has 1 aromatic carbocycles. The molecule has 0 heterocycles. The molecule has 6 heteroatoms. The minimum absolute atomic E-state index is 0.186. The highest BCUT2D eigenvalue weighted by atomic mass is 19.4. The summed E-state index contributed by atoms with van der Waals surface area (Å²) in [7, 11) is 0. The van der Waals surface area contributed by atoms with Gasteiger partial charge in [-0.2, -0.15) is 26.3 Å². The second-order valence-corrected chi connectivity index (χ2v) is 5.94. The van der Waals surface area contributed by atoms with E-state index < -0.39 is 28.7 Å². The van der Waals surface area contributed by atoms with Crippen molar-refractivity contribution < 1.29 is 26.3 Å². The highest BCUT2D eigenvalue weighted by Gasteiger charge is 2.68. The predicted molar refractivity (Wildman–Crippen MR) is 69.2 cm³/mol. The number of rotatable bonds is 3. The summed E-state index contributed by atoms with van der Waals surface area (Å²) in [6.45, 7) is 5.58. The van der Waals surface area contributed by atoms with Crippen molar-refractivity contribution in [3.05, 3.63) is 35.4 Å². The molecule has 0 fully saturated rings. The molecule has 0 bridgehead atoms. The lowest BCUT2D eigenvalue weighted by Gasteiger charge is -2.35. The van der Waals surface area contributed by atoms with Gasteiger partial charge >= 0.3 is 12.4 Å². The maximum atomic E-state index is 13.1. The third kappa shape index (κ3) is 3.04. The van der Waals surface area contributed by atoms with Crippen molar-refractivity contribution in [3.63, 3.8) is 0 Å². The van der Waals surface area contributed by atoms with E-state index in [2.05, 4.69) is 0 Å². The maximum Gasteiger partial charge on any atom is 0.406 e. The molecule has 0 saturated heterocycles. The first-order valence-electron chi connectivity index (χ1n) is 6.52. The Labute approximate surface area is 120 Å². The molecule has 0 aliphatic carbocycles. The molecule has 0 nitrogen and oxygen atoms in total. The van der Waals surface area contributed by atoms with Gasteiger partial charge in [0.15, 0.2) is 5.41 Å². The van der Waals surface area contributed by atoms with Gasteiger partial charge in [0.05, 0.1) is 0 Å². The quantitative estimate of drug-likeness (QED) is 0.623. The second kappa shape index (κ2) is 5.21. The van der Waals surface area contributed by atoms with Gasteiger partial charge in [-0.05, 0) is 29.9 Å². The molecule has 0 aromatic heterocycles. The normalized spacial score (nSPS) is 14.4. The van der Waals surface area contributed by atoms with Crippen LogP contribution in [0.3, 0.4) is 0 Å².